The fourth-order valence-electron chi connectivity index (χ4n) is 2.69. The quantitative estimate of drug-likeness (QED) is 0.733. The van der Waals surface area contributed by atoms with Gasteiger partial charge in [0.15, 0.2) is 11.5 Å². The van der Waals surface area contributed by atoms with E-state index in [1.165, 1.54) is 18.2 Å². The fraction of sp³-hybridized carbons (Fsp3) is 0.316. The summed E-state index contributed by atoms with van der Waals surface area (Å²) in [4.78, 5) is 12.6. The molecule has 2 aromatic carbocycles. The zero-order valence-corrected chi connectivity index (χ0v) is 16.6. The van der Waals surface area contributed by atoms with Gasteiger partial charge in [-0.15, -0.1) is 0 Å². The van der Waals surface area contributed by atoms with Gasteiger partial charge in [0.25, 0.3) is 5.91 Å². The van der Waals surface area contributed by atoms with Gasteiger partial charge in [0, 0.05) is 23.4 Å². The lowest BCUT2D eigenvalue weighted by Crippen LogP contribution is -2.30. The molecule has 0 fully saturated rings. The Kier molecular flexibility index (Phi) is 5.76. The minimum atomic E-state index is -3.84. The Morgan fingerprint density at radius 2 is 1.89 bits per heavy atom. The Morgan fingerprint density at radius 1 is 1.14 bits per heavy atom. The number of nitrogens with one attached hydrogen (secondary N) is 2. The second kappa shape index (κ2) is 8.07. The van der Waals surface area contributed by atoms with Crippen molar-refractivity contribution in [3.8, 4) is 17.2 Å². The molecule has 0 saturated carbocycles. The molecular weight excluding hydrogens is 384 g/mol. The summed E-state index contributed by atoms with van der Waals surface area (Å²) >= 11 is 0. The first-order valence-electron chi connectivity index (χ1n) is 8.80. The van der Waals surface area contributed by atoms with Crippen molar-refractivity contribution in [2.45, 2.75) is 31.7 Å². The van der Waals surface area contributed by atoms with Crippen LogP contribution in [0.25, 0.3) is 0 Å². The Labute approximate surface area is 163 Å². The third kappa shape index (κ3) is 4.37. The SMILES string of the molecule is CCOc1ccc(C(=O)Nc2ccc3c(c2)OCO3)cc1S(=O)(=O)NC(C)C. The third-order valence-corrected chi connectivity index (χ3v) is 5.50. The molecule has 28 heavy (non-hydrogen) atoms. The molecular formula is C19H22N2O6S. The van der Waals surface area contributed by atoms with E-state index in [2.05, 4.69) is 10.0 Å². The van der Waals surface area contributed by atoms with E-state index in [1.54, 1.807) is 39.0 Å². The molecule has 1 aliphatic rings. The van der Waals surface area contributed by atoms with Crippen molar-refractivity contribution in [2.24, 2.45) is 0 Å². The van der Waals surface area contributed by atoms with Gasteiger partial charge in [-0.3, -0.25) is 4.79 Å². The number of sulfonamides is 1. The third-order valence-electron chi connectivity index (χ3n) is 3.82. The lowest BCUT2D eigenvalue weighted by molar-refractivity contribution is 0.102. The van der Waals surface area contributed by atoms with Crippen LogP contribution in [0.1, 0.15) is 31.1 Å². The van der Waals surface area contributed by atoms with Crippen LogP contribution in [0.3, 0.4) is 0 Å². The first-order chi connectivity index (χ1) is 13.3. The summed E-state index contributed by atoms with van der Waals surface area (Å²) in [6.45, 7) is 5.62. The van der Waals surface area contributed by atoms with Gasteiger partial charge in [0.05, 0.1) is 6.61 Å². The van der Waals surface area contributed by atoms with E-state index in [1.807, 2.05) is 0 Å². The summed E-state index contributed by atoms with van der Waals surface area (Å²) in [5.74, 6) is 0.874. The van der Waals surface area contributed by atoms with Crippen LogP contribution in [-0.4, -0.2) is 33.8 Å². The van der Waals surface area contributed by atoms with Gasteiger partial charge < -0.3 is 19.5 Å². The van der Waals surface area contributed by atoms with Gasteiger partial charge in [-0.1, -0.05) is 0 Å². The van der Waals surface area contributed by atoms with Crippen molar-refractivity contribution < 1.29 is 27.4 Å². The minimum Gasteiger partial charge on any atom is -0.492 e. The van der Waals surface area contributed by atoms with Crippen molar-refractivity contribution in [3.63, 3.8) is 0 Å². The van der Waals surface area contributed by atoms with Crippen LogP contribution in [0.4, 0.5) is 5.69 Å². The predicted octanol–water partition coefficient (Wildman–Crippen LogP) is 2.75. The van der Waals surface area contributed by atoms with Gasteiger partial charge in [-0.25, -0.2) is 13.1 Å². The van der Waals surface area contributed by atoms with E-state index < -0.39 is 15.9 Å². The first-order valence-corrected chi connectivity index (χ1v) is 10.3. The summed E-state index contributed by atoms with van der Waals surface area (Å²) in [5, 5.41) is 2.73. The average Bonchev–Trinajstić information content (AvgIpc) is 3.08. The molecule has 0 aromatic heterocycles. The number of benzene rings is 2. The number of hydrogen-bond donors (Lipinski definition) is 2. The molecule has 1 aliphatic heterocycles. The van der Waals surface area contributed by atoms with Crippen LogP contribution >= 0.6 is 0 Å². The van der Waals surface area contributed by atoms with Gasteiger partial charge in [-0.2, -0.15) is 0 Å². The van der Waals surface area contributed by atoms with Crippen molar-refractivity contribution in [3.05, 3.63) is 42.0 Å². The molecule has 0 saturated heterocycles. The van der Waals surface area contributed by atoms with Gasteiger partial charge >= 0.3 is 0 Å². The highest BCUT2D eigenvalue weighted by molar-refractivity contribution is 7.89. The number of rotatable bonds is 7. The summed E-state index contributed by atoms with van der Waals surface area (Å²) in [6.07, 6.45) is 0. The van der Waals surface area contributed by atoms with Crippen molar-refractivity contribution in [1.82, 2.24) is 4.72 Å². The monoisotopic (exact) mass is 406 g/mol. The number of amides is 1. The Balaban J connectivity index is 1.89. The van der Waals surface area contributed by atoms with Crippen LogP contribution in [0.2, 0.25) is 0 Å². The molecule has 1 heterocycles. The lowest BCUT2D eigenvalue weighted by atomic mass is 10.2. The van der Waals surface area contributed by atoms with E-state index in [0.29, 0.717) is 23.8 Å². The first kappa shape index (κ1) is 20.0. The standard InChI is InChI=1S/C19H22N2O6S/c1-4-25-16-7-5-13(9-18(16)28(23,24)21-12(2)3)19(22)20-14-6-8-15-17(10-14)27-11-26-15/h5-10,12,21H,4,11H2,1-3H3,(H,20,22). The largest absolute Gasteiger partial charge is 0.492 e. The molecule has 3 rings (SSSR count). The van der Waals surface area contributed by atoms with E-state index in [4.69, 9.17) is 14.2 Å². The highest BCUT2D eigenvalue weighted by atomic mass is 32.2. The summed E-state index contributed by atoms with van der Waals surface area (Å²) < 4.78 is 43.8. The maximum Gasteiger partial charge on any atom is 0.255 e. The molecule has 0 bridgehead atoms. The van der Waals surface area contributed by atoms with E-state index in [-0.39, 0.29) is 29.0 Å². The van der Waals surface area contributed by atoms with Crippen LogP contribution in [0, 0.1) is 0 Å². The Bertz CT molecular complexity index is 988. The Morgan fingerprint density at radius 3 is 2.61 bits per heavy atom. The predicted molar refractivity (Wildman–Crippen MR) is 104 cm³/mol. The van der Waals surface area contributed by atoms with Gasteiger partial charge in [0.2, 0.25) is 16.8 Å². The average molecular weight is 406 g/mol. The smallest absolute Gasteiger partial charge is 0.255 e. The summed E-state index contributed by atoms with van der Waals surface area (Å²) in [7, 11) is -3.84. The maximum absolute atomic E-state index is 12.6. The summed E-state index contributed by atoms with van der Waals surface area (Å²) in [6, 6.07) is 9.02. The van der Waals surface area contributed by atoms with Crippen LogP contribution in [-0.2, 0) is 10.0 Å². The molecule has 150 valence electrons. The molecule has 9 heteroatoms. The lowest BCUT2D eigenvalue weighted by Gasteiger charge is -2.15. The number of carbonyl (C=O) groups is 1. The second-order valence-corrected chi connectivity index (χ2v) is 8.08. The van der Waals surface area contributed by atoms with Crippen molar-refractivity contribution in [2.75, 3.05) is 18.7 Å². The zero-order chi connectivity index (χ0) is 20.3. The molecule has 2 N–H and O–H groups in total. The van der Waals surface area contributed by atoms with Crippen molar-refractivity contribution >= 4 is 21.6 Å². The van der Waals surface area contributed by atoms with E-state index >= 15 is 0 Å². The molecule has 0 radical (unpaired) electrons. The molecule has 1 amide bonds. The van der Waals surface area contributed by atoms with Crippen molar-refractivity contribution in [1.29, 1.82) is 0 Å². The van der Waals surface area contributed by atoms with Gasteiger partial charge in [0.1, 0.15) is 10.6 Å². The normalized spacial score (nSPS) is 12.9. The zero-order valence-electron chi connectivity index (χ0n) is 15.8. The highest BCUT2D eigenvalue weighted by Crippen LogP contribution is 2.34. The van der Waals surface area contributed by atoms with E-state index in [9.17, 15) is 13.2 Å². The molecule has 2 aromatic rings. The molecule has 0 aliphatic carbocycles. The molecule has 0 atom stereocenters. The van der Waals surface area contributed by atoms with Crippen LogP contribution < -0.4 is 24.2 Å². The maximum atomic E-state index is 12.6. The molecule has 0 unspecified atom stereocenters. The minimum absolute atomic E-state index is 0.0820. The second-order valence-electron chi connectivity index (χ2n) is 6.39. The number of hydrogen-bond acceptors (Lipinski definition) is 6. The fourth-order valence-corrected chi connectivity index (χ4v) is 4.11. The van der Waals surface area contributed by atoms with E-state index in [0.717, 1.165) is 0 Å². The van der Waals surface area contributed by atoms with Crippen LogP contribution in [0.15, 0.2) is 41.3 Å². The topological polar surface area (TPSA) is 103 Å². The number of fused-ring (bicyclic) bond motifs is 1. The summed E-state index contributed by atoms with van der Waals surface area (Å²) in [5.41, 5.74) is 0.693. The van der Waals surface area contributed by atoms with Gasteiger partial charge in [-0.05, 0) is 51.1 Å². The molecule has 8 nitrogen and oxygen atoms in total. The number of anilines is 1. The van der Waals surface area contributed by atoms with Crippen LogP contribution in [0.5, 0.6) is 17.2 Å². The highest BCUT2D eigenvalue weighted by Gasteiger charge is 2.23. The molecule has 0 spiro atoms. The number of carbonyl (C=O) groups excluding carboxylic acids is 1. The Hall–Kier alpha value is -2.78. The number of ether oxygens (including phenoxy) is 3.